The zero-order valence-corrected chi connectivity index (χ0v) is 8.49. The Morgan fingerprint density at radius 3 is 2.60 bits per heavy atom. The first kappa shape index (κ1) is 10.3. The second-order valence-electron chi connectivity index (χ2n) is 2.92. The molecule has 0 saturated heterocycles. The lowest BCUT2D eigenvalue weighted by molar-refractivity contribution is -0.777. The summed E-state index contributed by atoms with van der Waals surface area (Å²) in [6, 6.07) is 11.1. The molecule has 0 bridgehead atoms. The van der Waals surface area contributed by atoms with E-state index >= 15 is 0 Å². The van der Waals surface area contributed by atoms with Crippen LogP contribution in [0.3, 0.4) is 0 Å². The Balaban J connectivity index is 2.51. The van der Waals surface area contributed by atoms with E-state index in [1.165, 1.54) is 0 Å². The summed E-state index contributed by atoms with van der Waals surface area (Å²) in [5.74, 6) is 0. The van der Waals surface area contributed by atoms with Crippen LogP contribution >= 0.6 is 12.0 Å². The van der Waals surface area contributed by atoms with Gasteiger partial charge < -0.3 is 11.0 Å². The number of anilines is 1. The number of nitrogen functional groups attached to an aromatic ring is 1. The molecule has 0 heterocycles. The third-order valence-corrected chi connectivity index (χ3v) is 2.73. The van der Waals surface area contributed by atoms with Crippen molar-refractivity contribution in [2.75, 3.05) is 5.73 Å². The molecule has 0 fully saturated rings. The van der Waals surface area contributed by atoms with E-state index in [0.29, 0.717) is 5.69 Å². The van der Waals surface area contributed by atoms with Crippen molar-refractivity contribution in [2.45, 2.75) is 4.90 Å². The Labute approximate surface area is 90.7 Å². The normalized spacial score (nSPS) is 10.7. The van der Waals surface area contributed by atoms with Crippen LogP contribution in [-0.4, -0.2) is 0 Å². The van der Waals surface area contributed by atoms with Gasteiger partial charge in [-0.2, -0.15) is 4.33 Å². The number of rotatable bonds is 3. The van der Waals surface area contributed by atoms with Crippen LogP contribution in [0.15, 0.2) is 41.3 Å². The van der Waals surface area contributed by atoms with E-state index in [4.69, 9.17) is 5.73 Å². The molecule has 0 aliphatic carbocycles. The molecule has 0 spiro atoms. The fourth-order valence-electron chi connectivity index (χ4n) is 1.43. The van der Waals surface area contributed by atoms with Crippen LogP contribution < -0.4 is 11.0 Å². The van der Waals surface area contributed by atoms with Gasteiger partial charge in [-0.15, -0.1) is 0 Å². The molecule has 0 atom stereocenters. The molecule has 4 nitrogen and oxygen atoms in total. The van der Waals surface area contributed by atoms with Crippen LogP contribution in [-0.2, 0) is 9.37 Å². The van der Waals surface area contributed by atoms with Crippen molar-refractivity contribution in [2.24, 2.45) is 0 Å². The number of nitrogens with two attached hydrogens (primary N) is 1. The number of hydrogen-bond donors (Lipinski definition) is 1. The molecule has 0 aliphatic rings. The Morgan fingerprint density at radius 2 is 1.80 bits per heavy atom. The average molecular weight is 222 g/mol. The van der Waals surface area contributed by atoms with E-state index in [-0.39, 0.29) is 0 Å². The first-order valence-corrected chi connectivity index (χ1v) is 4.97. The summed E-state index contributed by atoms with van der Waals surface area (Å²) in [6.07, 6.45) is 0. The summed E-state index contributed by atoms with van der Waals surface area (Å²) in [5, 5.41) is 14.9. The van der Waals surface area contributed by atoms with E-state index < -0.39 is 0 Å². The van der Waals surface area contributed by atoms with Gasteiger partial charge in [0.1, 0.15) is 0 Å². The molecular formula is C10H8NO3S-. The molecule has 5 heteroatoms. The number of hydrogen-bond acceptors (Lipinski definition) is 5. The van der Waals surface area contributed by atoms with Gasteiger partial charge in [-0.1, -0.05) is 24.3 Å². The van der Waals surface area contributed by atoms with Gasteiger partial charge in [-0.3, -0.25) is 5.04 Å². The first-order chi connectivity index (χ1) is 7.33. The van der Waals surface area contributed by atoms with Crippen molar-refractivity contribution in [3.05, 3.63) is 36.4 Å². The maximum absolute atomic E-state index is 9.74. The molecule has 0 radical (unpaired) electrons. The van der Waals surface area contributed by atoms with E-state index in [9.17, 15) is 5.26 Å². The van der Waals surface area contributed by atoms with Crippen LogP contribution in [0.5, 0.6) is 0 Å². The highest BCUT2D eigenvalue weighted by molar-refractivity contribution is 7.94. The highest BCUT2D eigenvalue weighted by Gasteiger charge is 2.03. The minimum absolute atomic E-state index is 0.693. The molecule has 2 rings (SSSR count). The summed E-state index contributed by atoms with van der Waals surface area (Å²) >= 11 is 0.868. The fraction of sp³-hybridized carbons (Fsp3) is 0. The second-order valence-corrected chi connectivity index (χ2v) is 3.66. The first-order valence-electron chi connectivity index (χ1n) is 4.23. The molecule has 2 aromatic rings. The Kier molecular flexibility index (Phi) is 3.08. The maximum Gasteiger partial charge on any atom is 0.0680 e. The molecule has 0 saturated carbocycles. The SMILES string of the molecule is Nc1cccc2c(SOO[O-])cccc12. The van der Waals surface area contributed by atoms with Crippen LogP contribution in [0.25, 0.3) is 10.8 Å². The predicted molar refractivity (Wildman–Crippen MR) is 56.4 cm³/mol. The van der Waals surface area contributed by atoms with Crippen LogP contribution in [0.4, 0.5) is 5.69 Å². The summed E-state index contributed by atoms with van der Waals surface area (Å²) in [4.78, 5) is 0.788. The number of benzene rings is 2. The number of fused-ring (bicyclic) bond motifs is 1. The summed E-state index contributed by atoms with van der Waals surface area (Å²) in [5.41, 5.74) is 6.50. The summed E-state index contributed by atoms with van der Waals surface area (Å²) < 4.78 is 4.29. The third kappa shape index (κ3) is 2.05. The lowest BCUT2D eigenvalue weighted by Gasteiger charge is -2.08. The van der Waals surface area contributed by atoms with Crippen LogP contribution in [0.2, 0.25) is 0 Å². The van der Waals surface area contributed by atoms with Gasteiger partial charge in [0.2, 0.25) is 0 Å². The van der Waals surface area contributed by atoms with Crippen molar-refractivity contribution >= 4 is 28.5 Å². The highest BCUT2D eigenvalue weighted by Crippen LogP contribution is 2.30. The lowest BCUT2D eigenvalue weighted by Crippen LogP contribution is -2.00. The van der Waals surface area contributed by atoms with Gasteiger partial charge in [-0.05, 0) is 17.5 Å². The van der Waals surface area contributed by atoms with Crippen molar-refractivity contribution in [3.63, 3.8) is 0 Å². The minimum atomic E-state index is 0.693. The predicted octanol–water partition coefficient (Wildman–Crippen LogP) is 1.65. The largest absolute Gasteiger partial charge is 0.691 e. The van der Waals surface area contributed by atoms with Crippen molar-refractivity contribution in [1.29, 1.82) is 0 Å². The Morgan fingerprint density at radius 1 is 1.07 bits per heavy atom. The van der Waals surface area contributed by atoms with Gasteiger partial charge in [-0.25, -0.2) is 0 Å². The van der Waals surface area contributed by atoms with Crippen molar-refractivity contribution < 1.29 is 14.6 Å². The maximum atomic E-state index is 9.74. The molecule has 2 N–H and O–H groups in total. The molecule has 0 unspecified atom stereocenters. The van der Waals surface area contributed by atoms with E-state index in [0.717, 1.165) is 27.7 Å². The smallest absolute Gasteiger partial charge is 0.0680 e. The summed E-state index contributed by atoms with van der Waals surface area (Å²) in [7, 11) is 0. The zero-order chi connectivity index (χ0) is 10.7. The quantitative estimate of drug-likeness (QED) is 0.370. The molecule has 0 aliphatic heterocycles. The van der Waals surface area contributed by atoms with Gasteiger partial charge in [0.05, 0.1) is 12.0 Å². The molecule has 0 amide bonds. The standard InChI is InChI=1S/C10H9NO3S/c11-9-5-1-4-8-7(9)3-2-6-10(8)15-14-13-12/h1-6,12H,11H2/p-1. The average Bonchev–Trinajstić information content (AvgIpc) is 2.27. The van der Waals surface area contributed by atoms with Gasteiger partial charge >= 0.3 is 0 Å². The zero-order valence-electron chi connectivity index (χ0n) is 7.67. The van der Waals surface area contributed by atoms with E-state index in [1.807, 2.05) is 36.4 Å². The van der Waals surface area contributed by atoms with Crippen molar-refractivity contribution in [3.8, 4) is 0 Å². The topological polar surface area (TPSA) is 67.5 Å². The Hall–Kier alpha value is -1.27. The third-order valence-electron chi connectivity index (χ3n) is 2.07. The molecule has 78 valence electrons. The highest BCUT2D eigenvalue weighted by atomic mass is 32.2. The monoisotopic (exact) mass is 222 g/mol. The lowest BCUT2D eigenvalue weighted by atomic mass is 10.1. The van der Waals surface area contributed by atoms with Crippen molar-refractivity contribution in [1.82, 2.24) is 0 Å². The molecular weight excluding hydrogens is 214 g/mol. The van der Waals surface area contributed by atoms with E-state index in [2.05, 4.69) is 9.37 Å². The van der Waals surface area contributed by atoms with Gasteiger partial charge in [0.25, 0.3) is 0 Å². The van der Waals surface area contributed by atoms with Gasteiger partial charge in [0, 0.05) is 16.0 Å². The van der Waals surface area contributed by atoms with Gasteiger partial charge in [0.15, 0.2) is 0 Å². The Bertz CT molecular complexity index is 475. The molecule has 2 aromatic carbocycles. The van der Waals surface area contributed by atoms with Crippen LogP contribution in [0.1, 0.15) is 0 Å². The summed E-state index contributed by atoms with van der Waals surface area (Å²) in [6.45, 7) is 0. The minimum Gasteiger partial charge on any atom is -0.691 e. The second kappa shape index (κ2) is 4.50. The fourth-order valence-corrected chi connectivity index (χ4v) is 1.93. The molecule has 0 aromatic heterocycles. The van der Waals surface area contributed by atoms with E-state index in [1.54, 1.807) is 0 Å². The molecule has 15 heavy (non-hydrogen) atoms. The van der Waals surface area contributed by atoms with Crippen LogP contribution in [0, 0.1) is 0 Å².